The maximum Gasteiger partial charge on any atom is 0.253 e. The molecule has 3 rings (SSSR count). The van der Waals surface area contributed by atoms with E-state index in [1.54, 1.807) is 9.80 Å². The van der Waals surface area contributed by atoms with Gasteiger partial charge in [-0.05, 0) is 31.0 Å². The number of hydrogen-bond acceptors (Lipinski definition) is 3. The van der Waals surface area contributed by atoms with Gasteiger partial charge in [-0.2, -0.15) is 0 Å². The summed E-state index contributed by atoms with van der Waals surface area (Å²) in [6.07, 6.45) is 0.980. The predicted molar refractivity (Wildman–Crippen MR) is 111 cm³/mol. The quantitative estimate of drug-likeness (QED) is 0.845. The number of carbonyl (C=O) groups excluding carboxylic acids is 3. The molecule has 152 valence electrons. The van der Waals surface area contributed by atoms with Gasteiger partial charge in [0, 0.05) is 31.7 Å². The lowest BCUT2D eigenvalue weighted by atomic mass is 10.1. The number of nitrogens with zero attached hydrogens (tertiary/aromatic N) is 2. The molecule has 2 aromatic rings. The van der Waals surface area contributed by atoms with Crippen molar-refractivity contribution in [1.82, 2.24) is 15.1 Å². The van der Waals surface area contributed by atoms with Crippen LogP contribution in [-0.2, 0) is 16.0 Å². The number of amides is 3. The van der Waals surface area contributed by atoms with E-state index in [-0.39, 0.29) is 30.7 Å². The van der Waals surface area contributed by atoms with Gasteiger partial charge in [0.2, 0.25) is 11.8 Å². The van der Waals surface area contributed by atoms with Crippen LogP contribution in [0.25, 0.3) is 0 Å². The minimum atomic E-state index is -0.171. The van der Waals surface area contributed by atoms with Crippen molar-refractivity contribution >= 4 is 17.7 Å². The average Bonchev–Trinajstić information content (AvgIpc) is 2.98. The summed E-state index contributed by atoms with van der Waals surface area (Å²) >= 11 is 0. The molecule has 1 heterocycles. The molecule has 29 heavy (non-hydrogen) atoms. The highest BCUT2D eigenvalue weighted by molar-refractivity contribution is 5.94. The van der Waals surface area contributed by atoms with Crippen LogP contribution in [0, 0.1) is 6.92 Å². The molecule has 1 N–H and O–H groups in total. The second-order valence-electron chi connectivity index (χ2n) is 7.34. The summed E-state index contributed by atoms with van der Waals surface area (Å²) in [5.74, 6) is -0.286. The van der Waals surface area contributed by atoms with Gasteiger partial charge in [0.15, 0.2) is 0 Å². The first-order chi connectivity index (χ1) is 14.0. The molecule has 0 bridgehead atoms. The molecule has 6 heteroatoms. The van der Waals surface area contributed by atoms with E-state index in [2.05, 4.69) is 5.32 Å². The third kappa shape index (κ3) is 5.91. The Kier molecular flexibility index (Phi) is 7.00. The molecule has 2 aromatic carbocycles. The standard InChI is InChI=1S/C23H27N3O3/c1-18-7-5-10-20(15-18)23(29)26-12-6-11-25(13-14-26)22(28)17-24-21(27)16-19-8-3-2-4-9-19/h2-5,7-10,15H,6,11-14,16-17H2,1H3,(H,24,27). The number of rotatable bonds is 5. The molecule has 0 unspecified atom stereocenters. The Hall–Kier alpha value is -3.15. The zero-order valence-electron chi connectivity index (χ0n) is 16.8. The summed E-state index contributed by atoms with van der Waals surface area (Å²) < 4.78 is 0. The Morgan fingerprint density at radius 1 is 0.897 bits per heavy atom. The number of hydrogen-bond donors (Lipinski definition) is 1. The molecular weight excluding hydrogens is 366 g/mol. The average molecular weight is 393 g/mol. The second kappa shape index (κ2) is 9.87. The molecule has 1 fully saturated rings. The SMILES string of the molecule is Cc1cccc(C(=O)N2CCCN(C(=O)CNC(=O)Cc3ccccc3)CC2)c1. The third-order valence-corrected chi connectivity index (χ3v) is 5.05. The maximum atomic E-state index is 12.7. The summed E-state index contributed by atoms with van der Waals surface area (Å²) in [7, 11) is 0. The van der Waals surface area contributed by atoms with Crippen LogP contribution in [0.1, 0.15) is 27.9 Å². The summed E-state index contributed by atoms with van der Waals surface area (Å²) in [6, 6.07) is 17.0. The van der Waals surface area contributed by atoms with Gasteiger partial charge in [-0.15, -0.1) is 0 Å². The van der Waals surface area contributed by atoms with E-state index in [1.807, 2.05) is 61.5 Å². The minimum Gasteiger partial charge on any atom is -0.347 e. The topological polar surface area (TPSA) is 69.7 Å². The van der Waals surface area contributed by atoms with E-state index < -0.39 is 0 Å². The molecule has 1 saturated heterocycles. The smallest absolute Gasteiger partial charge is 0.253 e. The van der Waals surface area contributed by atoms with Crippen LogP contribution in [0.5, 0.6) is 0 Å². The molecule has 6 nitrogen and oxygen atoms in total. The fraction of sp³-hybridized carbons (Fsp3) is 0.348. The van der Waals surface area contributed by atoms with Crippen molar-refractivity contribution in [3.05, 3.63) is 71.3 Å². The van der Waals surface area contributed by atoms with Crippen molar-refractivity contribution < 1.29 is 14.4 Å². The number of aryl methyl sites for hydroxylation is 1. The Morgan fingerprint density at radius 3 is 2.38 bits per heavy atom. The second-order valence-corrected chi connectivity index (χ2v) is 7.34. The normalized spacial score (nSPS) is 14.2. The fourth-order valence-corrected chi connectivity index (χ4v) is 3.46. The van der Waals surface area contributed by atoms with Crippen LogP contribution in [0.2, 0.25) is 0 Å². The molecule has 3 amide bonds. The van der Waals surface area contributed by atoms with Crippen molar-refractivity contribution in [3.63, 3.8) is 0 Å². The molecule has 0 atom stereocenters. The lowest BCUT2D eigenvalue weighted by Gasteiger charge is -2.22. The van der Waals surface area contributed by atoms with Crippen LogP contribution in [0.15, 0.2) is 54.6 Å². The number of nitrogens with one attached hydrogen (secondary N) is 1. The van der Waals surface area contributed by atoms with Crippen molar-refractivity contribution in [3.8, 4) is 0 Å². The molecule has 0 spiro atoms. The molecule has 0 radical (unpaired) electrons. The molecule has 0 aromatic heterocycles. The van der Waals surface area contributed by atoms with Crippen molar-refractivity contribution in [2.24, 2.45) is 0 Å². The van der Waals surface area contributed by atoms with Gasteiger partial charge >= 0.3 is 0 Å². The van der Waals surface area contributed by atoms with Gasteiger partial charge in [0.25, 0.3) is 5.91 Å². The molecule has 1 aliphatic heterocycles. The lowest BCUT2D eigenvalue weighted by molar-refractivity contribution is -0.132. The van der Waals surface area contributed by atoms with Gasteiger partial charge < -0.3 is 15.1 Å². The van der Waals surface area contributed by atoms with Crippen molar-refractivity contribution in [2.75, 3.05) is 32.7 Å². The number of benzene rings is 2. The van der Waals surface area contributed by atoms with Crippen LogP contribution < -0.4 is 5.32 Å². The van der Waals surface area contributed by atoms with Crippen molar-refractivity contribution in [1.29, 1.82) is 0 Å². The Balaban J connectivity index is 1.48. The Bertz CT molecular complexity index is 867. The van der Waals surface area contributed by atoms with E-state index in [1.165, 1.54) is 0 Å². The zero-order valence-corrected chi connectivity index (χ0v) is 16.8. The minimum absolute atomic E-state index is 0.000775. The van der Waals surface area contributed by atoms with Crippen LogP contribution in [0.4, 0.5) is 0 Å². The van der Waals surface area contributed by atoms with E-state index in [4.69, 9.17) is 0 Å². The van der Waals surface area contributed by atoms with E-state index >= 15 is 0 Å². The van der Waals surface area contributed by atoms with Gasteiger partial charge in [-0.1, -0.05) is 48.0 Å². The molecule has 1 aliphatic rings. The highest BCUT2D eigenvalue weighted by Gasteiger charge is 2.23. The van der Waals surface area contributed by atoms with Crippen LogP contribution in [-0.4, -0.2) is 60.2 Å². The third-order valence-electron chi connectivity index (χ3n) is 5.05. The van der Waals surface area contributed by atoms with Gasteiger partial charge in [0.1, 0.15) is 0 Å². The highest BCUT2D eigenvalue weighted by atomic mass is 16.2. The summed E-state index contributed by atoms with van der Waals surface area (Å²) in [4.78, 5) is 40.8. The Morgan fingerprint density at radius 2 is 1.62 bits per heavy atom. The first kappa shape index (κ1) is 20.6. The lowest BCUT2D eigenvalue weighted by Crippen LogP contribution is -2.42. The summed E-state index contributed by atoms with van der Waals surface area (Å²) in [5, 5.41) is 2.70. The highest BCUT2D eigenvalue weighted by Crippen LogP contribution is 2.11. The summed E-state index contributed by atoms with van der Waals surface area (Å²) in [5.41, 5.74) is 2.64. The van der Waals surface area contributed by atoms with E-state index in [0.29, 0.717) is 31.7 Å². The number of carbonyl (C=O) groups is 3. The van der Waals surface area contributed by atoms with Crippen molar-refractivity contribution in [2.45, 2.75) is 19.8 Å². The van der Waals surface area contributed by atoms with Crippen LogP contribution >= 0.6 is 0 Å². The van der Waals surface area contributed by atoms with Gasteiger partial charge in [-0.25, -0.2) is 0 Å². The Labute approximate surface area is 171 Å². The predicted octanol–water partition coefficient (Wildman–Crippen LogP) is 2.03. The summed E-state index contributed by atoms with van der Waals surface area (Å²) in [6.45, 7) is 4.13. The van der Waals surface area contributed by atoms with Gasteiger partial charge in [0.05, 0.1) is 13.0 Å². The fourth-order valence-electron chi connectivity index (χ4n) is 3.46. The molecule has 0 aliphatic carbocycles. The molecular formula is C23H27N3O3. The monoisotopic (exact) mass is 393 g/mol. The zero-order chi connectivity index (χ0) is 20.6. The molecule has 0 saturated carbocycles. The maximum absolute atomic E-state index is 12.7. The van der Waals surface area contributed by atoms with E-state index in [9.17, 15) is 14.4 Å². The largest absolute Gasteiger partial charge is 0.347 e. The van der Waals surface area contributed by atoms with Gasteiger partial charge in [-0.3, -0.25) is 14.4 Å². The first-order valence-corrected chi connectivity index (χ1v) is 9.97. The van der Waals surface area contributed by atoms with Crippen LogP contribution in [0.3, 0.4) is 0 Å². The first-order valence-electron chi connectivity index (χ1n) is 9.97. The van der Waals surface area contributed by atoms with E-state index in [0.717, 1.165) is 17.5 Å².